The third kappa shape index (κ3) is 6.36. The van der Waals surface area contributed by atoms with Crippen molar-refractivity contribution in [1.82, 2.24) is 20.4 Å². The second-order valence-electron chi connectivity index (χ2n) is 15.7. The third-order valence-electron chi connectivity index (χ3n) is 13.4. The van der Waals surface area contributed by atoms with E-state index in [1.54, 1.807) is 6.92 Å². The molecule has 254 valence electrons. The monoisotopic (exact) mass is 636 g/mol. The molecule has 4 aliphatic carbocycles. The van der Waals surface area contributed by atoms with E-state index in [1.165, 1.54) is 19.3 Å². The zero-order valence-electron chi connectivity index (χ0n) is 28.1. The Morgan fingerprint density at radius 2 is 1.63 bits per heavy atom. The maximum absolute atomic E-state index is 13.9. The largest absolute Gasteiger partial charge is 0.393 e. The lowest BCUT2D eigenvalue weighted by atomic mass is 9.44. The second kappa shape index (κ2) is 13.6. The minimum atomic E-state index is -0.717. The van der Waals surface area contributed by atoms with Crippen LogP contribution in [0.4, 0.5) is 0 Å². The van der Waals surface area contributed by atoms with Gasteiger partial charge in [-0.25, -0.2) is 0 Å². The first-order valence-corrected chi connectivity index (χ1v) is 18.0. The van der Waals surface area contributed by atoms with E-state index in [0.29, 0.717) is 62.7 Å². The van der Waals surface area contributed by atoms with Gasteiger partial charge in [-0.3, -0.25) is 19.3 Å². The molecular formula is C37H56N4O5. The van der Waals surface area contributed by atoms with E-state index in [9.17, 15) is 24.6 Å². The summed E-state index contributed by atoms with van der Waals surface area (Å²) in [5, 5.41) is 27.9. The fourth-order valence-electron chi connectivity index (χ4n) is 10.7. The van der Waals surface area contributed by atoms with Gasteiger partial charge in [-0.2, -0.15) is 0 Å². The Balaban J connectivity index is 1.10. The fourth-order valence-corrected chi connectivity index (χ4v) is 10.7. The molecule has 6 rings (SSSR count). The van der Waals surface area contributed by atoms with Crippen molar-refractivity contribution < 1.29 is 24.6 Å². The van der Waals surface area contributed by atoms with Crippen LogP contribution >= 0.6 is 0 Å². The van der Waals surface area contributed by atoms with Gasteiger partial charge in [0.2, 0.25) is 17.7 Å². The third-order valence-corrected chi connectivity index (χ3v) is 13.4. The molecule has 0 radical (unpaired) electrons. The maximum atomic E-state index is 13.9. The Morgan fingerprint density at radius 3 is 2.35 bits per heavy atom. The number of fused-ring (bicyclic) bond motifs is 5. The van der Waals surface area contributed by atoms with Crippen LogP contribution in [-0.4, -0.2) is 94.7 Å². The average molecular weight is 637 g/mol. The lowest BCUT2D eigenvalue weighted by Crippen LogP contribution is -2.63. The van der Waals surface area contributed by atoms with Crippen molar-refractivity contribution in [2.75, 3.05) is 32.7 Å². The van der Waals surface area contributed by atoms with Crippen LogP contribution in [0, 0.1) is 34.5 Å². The van der Waals surface area contributed by atoms with E-state index in [4.69, 9.17) is 0 Å². The summed E-state index contributed by atoms with van der Waals surface area (Å²) in [6.45, 7) is 8.95. The zero-order valence-corrected chi connectivity index (χ0v) is 28.1. The van der Waals surface area contributed by atoms with Crippen LogP contribution in [0.2, 0.25) is 0 Å². The number of hydrogen-bond acceptors (Lipinski definition) is 6. The van der Waals surface area contributed by atoms with E-state index >= 15 is 0 Å². The number of carbonyl (C=O) groups excluding carboxylic acids is 3. The van der Waals surface area contributed by atoms with Crippen LogP contribution in [0.3, 0.4) is 0 Å². The quantitative estimate of drug-likeness (QED) is 0.348. The molecule has 1 saturated heterocycles. The topological polar surface area (TPSA) is 122 Å². The molecule has 1 aromatic rings. The highest BCUT2D eigenvalue weighted by molar-refractivity contribution is 5.90. The highest BCUT2D eigenvalue weighted by atomic mass is 16.3. The highest BCUT2D eigenvalue weighted by Gasteiger charge is 2.61. The number of piperazine rings is 1. The number of hydrogen-bond donors (Lipinski definition) is 4. The van der Waals surface area contributed by atoms with Crippen LogP contribution in [0.5, 0.6) is 0 Å². The summed E-state index contributed by atoms with van der Waals surface area (Å²) < 4.78 is 0. The zero-order chi connectivity index (χ0) is 32.6. The minimum absolute atomic E-state index is 0.0715. The summed E-state index contributed by atoms with van der Waals surface area (Å²) in [5.41, 5.74) is 1.22. The van der Waals surface area contributed by atoms with Crippen LogP contribution in [0.15, 0.2) is 30.3 Å². The molecule has 1 aliphatic heterocycles. The smallest absolute Gasteiger partial charge is 0.245 e. The number of nitrogens with zero attached hydrogens (tertiary/aromatic N) is 2. The van der Waals surface area contributed by atoms with E-state index < -0.39 is 6.04 Å². The van der Waals surface area contributed by atoms with Crippen molar-refractivity contribution in [2.45, 2.75) is 109 Å². The van der Waals surface area contributed by atoms with Crippen molar-refractivity contribution in [2.24, 2.45) is 34.5 Å². The molecule has 1 heterocycles. The molecule has 0 spiro atoms. The van der Waals surface area contributed by atoms with Gasteiger partial charge in [0, 0.05) is 45.1 Å². The number of nitrogens with one attached hydrogen (secondary N) is 2. The van der Waals surface area contributed by atoms with E-state index in [1.807, 2.05) is 35.2 Å². The number of rotatable bonds is 8. The van der Waals surface area contributed by atoms with Crippen molar-refractivity contribution >= 4 is 17.7 Å². The summed E-state index contributed by atoms with van der Waals surface area (Å²) in [6, 6.07) is 9.07. The minimum Gasteiger partial charge on any atom is -0.393 e. The van der Waals surface area contributed by atoms with Crippen molar-refractivity contribution in [3.8, 4) is 0 Å². The number of benzene rings is 1. The molecule has 9 nitrogen and oxygen atoms in total. The summed E-state index contributed by atoms with van der Waals surface area (Å²) >= 11 is 0. The normalized spacial score (nSPS) is 38.2. The van der Waals surface area contributed by atoms with Gasteiger partial charge in [0.25, 0.3) is 0 Å². The Morgan fingerprint density at radius 1 is 0.913 bits per heavy atom. The van der Waals surface area contributed by atoms with Crippen LogP contribution < -0.4 is 10.6 Å². The SMILES string of the molecule is CCC(=O)NCC(=O)N[C@@H](Cc1ccccc1)C(=O)N1CCN([C@H]2C[C@@]3(C)[C@@H](CC[C@@H]4[C@@H]3CC[C@]3(C)[C@@H](O)CC[C@@H]43)C[C@@H]2O)CC1. The van der Waals surface area contributed by atoms with Gasteiger partial charge in [0.15, 0.2) is 0 Å². The van der Waals surface area contributed by atoms with Gasteiger partial charge in [-0.05, 0) is 91.4 Å². The molecule has 4 saturated carbocycles. The van der Waals surface area contributed by atoms with E-state index in [-0.39, 0.29) is 53.3 Å². The summed E-state index contributed by atoms with van der Waals surface area (Å²) in [5.74, 6) is 1.81. The van der Waals surface area contributed by atoms with E-state index in [2.05, 4.69) is 29.4 Å². The van der Waals surface area contributed by atoms with Gasteiger partial charge in [0.1, 0.15) is 6.04 Å². The van der Waals surface area contributed by atoms with Crippen molar-refractivity contribution in [3.05, 3.63) is 35.9 Å². The molecular weight excluding hydrogens is 580 g/mol. The lowest BCUT2D eigenvalue weighted by Gasteiger charge is -2.62. The van der Waals surface area contributed by atoms with Gasteiger partial charge >= 0.3 is 0 Å². The first-order valence-electron chi connectivity index (χ1n) is 18.0. The number of amides is 3. The van der Waals surface area contributed by atoms with Gasteiger partial charge in [0.05, 0.1) is 18.8 Å². The fraction of sp³-hybridized carbons (Fsp3) is 0.757. The van der Waals surface area contributed by atoms with Crippen LogP contribution in [0.25, 0.3) is 0 Å². The molecule has 0 unspecified atom stereocenters. The molecule has 9 heteroatoms. The second-order valence-corrected chi connectivity index (χ2v) is 15.7. The summed E-state index contributed by atoms with van der Waals surface area (Å²) in [7, 11) is 0. The van der Waals surface area contributed by atoms with E-state index in [0.717, 1.165) is 37.7 Å². The molecule has 46 heavy (non-hydrogen) atoms. The van der Waals surface area contributed by atoms with Crippen LogP contribution in [0.1, 0.15) is 84.1 Å². The predicted molar refractivity (Wildman–Crippen MR) is 176 cm³/mol. The molecule has 5 fully saturated rings. The maximum Gasteiger partial charge on any atom is 0.245 e. The van der Waals surface area contributed by atoms with Crippen LogP contribution in [-0.2, 0) is 20.8 Å². The number of aliphatic hydroxyl groups excluding tert-OH is 2. The van der Waals surface area contributed by atoms with Crippen molar-refractivity contribution in [3.63, 3.8) is 0 Å². The molecule has 0 bridgehead atoms. The molecule has 5 aliphatic rings. The molecule has 3 amide bonds. The Kier molecular flexibility index (Phi) is 9.85. The van der Waals surface area contributed by atoms with Gasteiger partial charge < -0.3 is 25.7 Å². The standard InChI is InChI=1S/C37H56N4O5/c1-4-33(44)38-23-34(45)39-29(20-24-8-6-5-7-9-24)35(46)41-18-16-40(17-19-41)30-22-37(3)25(21-31(30)42)10-11-26-27-12-13-32(43)36(27,2)15-14-28(26)37/h5-9,25-32,42-43H,4,10-23H2,1-3H3,(H,38,44)(H,39,45)/t25-,26-,27-,28-,29-,30-,31-,32-,36-,37-/m0/s1. The average Bonchev–Trinajstić information content (AvgIpc) is 3.37. The van der Waals surface area contributed by atoms with Gasteiger partial charge in [-0.1, -0.05) is 51.1 Å². The highest BCUT2D eigenvalue weighted by Crippen LogP contribution is 2.66. The Labute approximate surface area is 274 Å². The Bertz CT molecular complexity index is 1250. The van der Waals surface area contributed by atoms with Crippen molar-refractivity contribution in [1.29, 1.82) is 0 Å². The molecule has 0 aromatic heterocycles. The molecule has 10 atom stereocenters. The molecule has 4 N–H and O–H groups in total. The number of aliphatic hydroxyl groups is 2. The summed E-state index contributed by atoms with van der Waals surface area (Å²) in [6.07, 6.45) is 8.83. The first kappa shape index (κ1) is 33.4. The predicted octanol–water partition coefficient (Wildman–Crippen LogP) is 3.13. The lowest BCUT2D eigenvalue weighted by molar-refractivity contribution is -0.157. The first-order chi connectivity index (χ1) is 22.0. The van der Waals surface area contributed by atoms with Gasteiger partial charge in [-0.15, -0.1) is 0 Å². The summed E-state index contributed by atoms with van der Waals surface area (Å²) in [4.78, 5) is 42.6. The number of carbonyl (C=O) groups is 3. The molecule has 1 aromatic carbocycles. The Hall–Kier alpha value is -2.49.